The standard InChI is InChI=1S/C24H20N2OS/c1-16-7-2-4-11-19(16)21-13-23(27)26-24(22(21)14-25)28-15-18-10-6-9-17-8-3-5-12-20(17)18/h2-12,21H,13,15H2,1H3,(H,26,27). The molecule has 1 amide bonds. The first-order valence-electron chi connectivity index (χ1n) is 9.26. The third-order valence-corrected chi connectivity index (χ3v) is 6.24. The molecule has 4 rings (SSSR count). The molecule has 0 saturated heterocycles. The van der Waals surface area contributed by atoms with Crippen molar-refractivity contribution < 1.29 is 4.79 Å². The number of nitrogens with zero attached hydrogens (tertiary/aromatic N) is 1. The summed E-state index contributed by atoms with van der Waals surface area (Å²) >= 11 is 1.53. The van der Waals surface area contributed by atoms with Crippen molar-refractivity contribution in [2.75, 3.05) is 0 Å². The lowest BCUT2D eigenvalue weighted by Crippen LogP contribution is -2.31. The Labute approximate surface area is 169 Å². The molecule has 1 heterocycles. The van der Waals surface area contributed by atoms with E-state index in [0.29, 0.717) is 22.8 Å². The highest BCUT2D eigenvalue weighted by atomic mass is 32.2. The molecular formula is C24H20N2OS. The first-order chi connectivity index (χ1) is 13.7. The van der Waals surface area contributed by atoms with Crippen LogP contribution in [0.3, 0.4) is 0 Å². The van der Waals surface area contributed by atoms with E-state index >= 15 is 0 Å². The second kappa shape index (κ2) is 7.92. The zero-order valence-electron chi connectivity index (χ0n) is 15.6. The van der Waals surface area contributed by atoms with Crippen LogP contribution in [0.25, 0.3) is 10.8 Å². The summed E-state index contributed by atoms with van der Waals surface area (Å²) in [5, 5.41) is 15.9. The second-order valence-electron chi connectivity index (χ2n) is 6.94. The highest BCUT2D eigenvalue weighted by Crippen LogP contribution is 2.38. The quantitative estimate of drug-likeness (QED) is 0.653. The van der Waals surface area contributed by atoms with E-state index in [1.54, 1.807) is 0 Å². The molecule has 0 aliphatic carbocycles. The summed E-state index contributed by atoms with van der Waals surface area (Å²) in [5.41, 5.74) is 4.00. The molecule has 1 N–H and O–H groups in total. The van der Waals surface area contributed by atoms with E-state index in [1.807, 2.05) is 49.4 Å². The van der Waals surface area contributed by atoms with Crippen molar-refractivity contribution in [3.63, 3.8) is 0 Å². The van der Waals surface area contributed by atoms with E-state index < -0.39 is 0 Å². The molecule has 1 aliphatic heterocycles. The summed E-state index contributed by atoms with van der Waals surface area (Å²) in [6.45, 7) is 2.03. The predicted molar refractivity (Wildman–Crippen MR) is 115 cm³/mol. The molecule has 0 radical (unpaired) electrons. The Morgan fingerprint density at radius 1 is 1.07 bits per heavy atom. The van der Waals surface area contributed by atoms with Gasteiger partial charge in [0, 0.05) is 18.1 Å². The van der Waals surface area contributed by atoms with Gasteiger partial charge in [-0.05, 0) is 34.4 Å². The molecule has 138 valence electrons. The van der Waals surface area contributed by atoms with Gasteiger partial charge in [-0.2, -0.15) is 5.26 Å². The number of fused-ring (bicyclic) bond motifs is 1. The van der Waals surface area contributed by atoms with Crippen LogP contribution in [0.4, 0.5) is 0 Å². The van der Waals surface area contributed by atoms with Crippen LogP contribution in [0.15, 0.2) is 77.3 Å². The first kappa shape index (κ1) is 18.3. The number of hydrogen-bond donors (Lipinski definition) is 1. The normalized spacial score (nSPS) is 16.7. The van der Waals surface area contributed by atoms with Crippen molar-refractivity contribution in [2.45, 2.75) is 25.0 Å². The number of thioether (sulfide) groups is 1. The Hall–Kier alpha value is -3.03. The monoisotopic (exact) mass is 384 g/mol. The van der Waals surface area contributed by atoms with Crippen LogP contribution in [0.2, 0.25) is 0 Å². The van der Waals surface area contributed by atoms with Crippen LogP contribution >= 0.6 is 11.8 Å². The highest BCUT2D eigenvalue weighted by molar-refractivity contribution is 8.02. The first-order valence-corrected chi connectivity index (χ1v) is 10.2. The lowest BCUT2D eigenvalue weighted by Gasteiger charge is -2.26. The fraction of sp³-hybridized carbons (Fsp3) is 0.167. The summed E-state index contributed by atoms with van der Waals surface area (Å²) < 4.78 is 0. The van der Waals surface area contributed by atoms with Crippen LogP contribution < -0.4 is 5.32 Å². The number of allylic oxidation sites excluding steroid dienone is 1. The molecule has 3 nitrogen and oxygen atoms in total. The molecule has 4 heteroatoms. The SMILES string of the molecule is Cc1ccccc1C1CC(=O)NC(SCc2cccc3ccccc23)=C1C#N. The Balaban J connectivity index is 1.68. The highest BCUT2D eigenvalue weighted by Gasteiger charge is 2.30. The summed E-state index contributed by atoms with van der Waals surface area (Å²) in [6.07, 6.45) is 0.312. The fourth-order valence-electron chi connectivity index (χ4n) is 3.74. The molecule has 0 spiro atoms. The van der Waals surface area contributed by atoms with Crippen LogP contribution in [0.1, 0.15) is 29.0 Å². The Morgan fingerprint density at radius 3 is 2.64 bits per heavy atom. The van der Waals surface area contributed by atoms with Crippen molar-refractivity contribution in [2.24, 2.45) is 0 Å². The van der Waals surface area contributed by atoms with Crippen molar-refractivity contribution in [3.8, 4) is 6.07 Å². The van der Waals surface area contributed by atoms with Crippen molar-refractivity contribution in [1.82, 2.24) is 5.32 Å². The van der Waals surface area contributed by atoms with Gasteiger partial charge in [-0.3, -0.25) is 4.79 Å². The van der Waals surface area contributed by atoms with E-state index in [4.69, 9.17) is 0 Å². The zero-order valence-corrected chi connectivity index (χ0v) is 16.4. The summed E-state index contributed by atoms with van der Waals surface area (Å²) in [6, 6.07) is 24.9. The average molecular weight is 385 g/mol. The lowest BCUT2D eigenvalue weighted by atomic mass is 9.85. The minimum absolute atomic E-state index is 0.0346. The third kappa shape index (κ3) is 3.54. The number of aryl methyl sites for hydroxylation is 1. The topological polar surface area (TPSA) is 52.9 Å². The number of carbonyl (C=O) groups excluding carboxylic acids is 1. The van der Waals surface area contributed by atoms with E-state index in [9.17, 15) is 10.1 Å². The number of rotatable bonds is 4. The molecule has 0 bridgehead atoms. The number of amides is 1. The molecular weight excluding hydrogens is 364 g/mol. The second-order valence-corrected chi connectivity index (χ2v) is 7.93. The van der Waals surface area contributed by atoms with Gasteiger partial charge in [0.1, 0.15) is 0 Å². The lowest BCUT2D eigenvalue weighted by molar-refractivity contribution is -0.120. The molecule has 1 aliphatic rings. The maximum Gasteiger partial charge on any atom is 0.225 e. The van der Waals surface area contributed by atoms with Gasteiger partial charge in [-0.1, -0.05) is 66.7 Å². The molecule has 3 aromatic carbocycles. The third-order valence-electron chi connectivity index (χ3n) is 5.17. The Kier molecular flexibility index (Phi) is 5.18. The van der Waals surface area contributed by atoms with E-state index in [2.05, 4.69) is 35.7 Å². The minimum Gasteiger partial charge on any atom is -0.320 e. The van der Waals surface area contributed by atoms with Gasteiger partial charge >= 0.3 is 0 Å². The van der Waals surface area contributed by atoms with Crippen LogP contribution in [0.5, 0.6) is 0 Å². The van der Waals surface area contributed by atoms with Gasteiger partial charge in [0.15, 0.2) is 0 Å². The Bertz CT molecular complexity index is 1120. The fourth-order valence-corrected chi connectivity index (χ4v) is 4.83. The Morgan fingerprint density at radius 2 is 1.82 bits per heavy atom. The largest absolute Gasteiger partial charge is 0.320 e. The smallest absolute Gasteiger partial charge is 0.225 e. The number of nitriles is 1. The van der Waals surface area contributed by atoms with E-state index in [1.165, 1.54) is 28.1 Å². The number of carbonyl (C=O) groups is 1. The molecule has 3 aromatic rings. The molecule has 28 heavy (non-hydrogen) atoms. The van der Waals surface area contributed by atoms with E-state index in [0.717, 1.165) is 11.1 Å². The van der Waals surface area contributed by atoms with Crippen molar-refractivity contribution in [3.05, 3.63) is 94.0 Å². The van der Waals surface area contributed by atoms with Gasteiger partial charge in [-0.25, -0.2) is 0 Å². The van der Waals surface area contributed by atoms with Crippen LogP contribution in [-0.2, 0) is 10.5 Å². The van der Waals surface area contributed by atoms with Gasteiger partial charge < -0.3 is 5.32 Å². The molecule has 0 fully saturated rings. The van der Waals surface area contributed by atoms with Gasteiger partial charge in [0.25, 0.3) is 0 Å². The van der Waals surface area contributed by atoms with Gasteiger partial charge in [-0.15, -0.1) is 11.8 Å². The van der Waals surface area contributed by atoms with Gasteiger partial charge in [0.2, 0.25) is 5.91 Å². The zero-order chi connectivity index (χ0) is 19.5. The average Bonchev–Trinajstić information content (AvgIpc) is 2.72. The molecule has 1 unspecified atom stereocenters. The summed E-state index contributed by atoms with van der Waals surface area (Å²) in [7, 11) is 0. The maximum absolute atomic E-state index is 12.4. The predicted octanol–water partition coefficient (Wildman–Crippen LogP) is 5.42. The van der Waals surface area contributed by atoms with Crippen LogP contribution in [-0.4, -0.2) is 5.91 Å². The van der Waals surface area contributed by atoms with Crippen molar-refractivity contribution in [1.29, 1.82) is 5.26 Å². The number of hydrogen-bond acceptors (Lipinski definition) is 3. The number of benzene rings is 3. The van der Waals surface area contributed by atoms with E-state index in [-0.39, 0.29) is 11.8 Å². The van der Waals surface area contributed by atoms with Crippen molar-refractivity contribution >= 4 is 28.4 Å². The minimum atomic E-state index is -0.185. The maximum atomic E-state index is 12.4. The molecule has 0 saturated carbocycles. The summed E-state index contributed by atoms with van der Waals surface area (Å²) in [5.74, 6) is 0.477. The van der Waals surface area contributed by atoms with Crippen LogP contribution in [0, 0.1) is 18.3 Å². The summed E-state index contributed by atoms with van der Waals surface area (Å²) in [4.78, 5) is 12.4. The molecule has 1 atom stereocenters. The van der Waals surface area contributed by atoms with Gasteiger partial charge in [0.05, 0.1) is 16.7 Å². The number of nitrogens with one attached hydrogen (secondary N) is 1. The molecule has 0 aromatic heterocycles.